The Labute approximate surface area is 192 Å². The van der Waals surface area contributed by atoms with Gasteiger partial charge >= 0.3 is 11.8 Å². The standard InChI is InChI=1S/C23H31N7O3/c1-23(2,3)33-22(32)29-11-12-30-19(14-29)25-26-20(30)15-7-9-28(10-8-15)16-5-6-17-18(13-16)27(4)21(31)24-17/h5-6,13,15H,7-12,14H2,1-4H3,(H,24,31). The van der Waals surface area contributed by atoms with Gasteiger partial charge < -0.3 is 19.2 Å². The zero-order chi connectivity index (χ0) is 23.3. The van der Waals surface area contributed by atoms with Crippen LogP contribution in [0.5, 0.6) is 0 Å². The molecule has 1 saturated heterocycles. The minimum absolute atomic E-state index is 0.0947. The number of ether oxygens (including phenoxy) is 1. The number of hydrogen-bond donors (Lipinski definition) is 1. The second-order valence-electron chi connectivity index (χ2n) is 9.98. The summed E-state index contributed by atoms with van der Waals surface area (Å²) in [6.45, 7) is 9.17. The van der Waals surface area contributed by atoms with Crippen molar-refractivity contribution in [3.8, 4) is 0 Å². The van der Waals surface area contributed by atoms with E-state index >= 15 is 0 Å². The average molecular weight is 454 g/mol. The molecule has 0 saturated carbocycles. The van der Waals surface area contributed by atoms with Crippen molar-refractivity contribution < 1.29 is 9.53 Å². The molecule has 2 aromatic heterocycles. The normalized spacial score (nSPS) is 17.5. The van der Waals surface area contributed by atoms with Gasteiger partial charge in [0.05, 0.1) is 17.6 Å². The van der Waals surface area contributed by atoms with Crippen molar-refractivity contribution in [1.82, 2.24) is 29.2 Å². The molecule has 33 heavy (non-hydrogen) atoms. The number of benzene rings is 1. The topological polar surface area (TPSA) is 101 Å². The third-order valence-corrected chi connectivity index (χ3v) is 6.55. The van der Waals surface area contributed by atoms with Crippen LogP contribution in [0.15, 0.2) is 23.0 Å². The van der Waals surface area contributed by atoms with E-state index in [2.05, 4.69) is 36.8 Å². The smallest absolute Gasteiger partial charge is 0.410 e. The van der Waals surface area contributed by atoms with Crippen LogP contribution in [0.2, 0.25) is 0 Å². The van der Waals surface area contributed by atoms with Gasteiger partial charge in [-0.05, 0) is 51.8 Å². The summed E-state index contributed by atoms with van der Waals surface area (Å²) in [6, 6.07) is 6.13. The first-order valence-electron chi connectivity index (χ1n) is 11.5. The number of aryl methyl sites for hydroxylation is 1. The van der Waals surface area contributed by atoms with Crippen LogP contribution in [0.4, 0.5) is 10.5 Å². The molecule has 3 aromatic rings. The van der Waals surface area contributed by atoms with Gasteiger partial charge in [0.15, 0.2) is 5.82 Å². The second-order valence-corrected chi connectivity index (χ2v) is 9.98. The SMILES string of the molecule is Cn1c(=O)[nH]c2ccc(N3CCC(c4nnc5n4CCN(C(=O)OC(C)(C)C)C5)CC3)cc21. The van der Waals surface area contributed by atoms with Crippen LogP contribution in [0.1, 0.15) is 51.2 Å². The maximum atomic E-state index is 12.4. The summed E-state index contributed by atoms with van der Waals surface area (Å²) < 4.78 is 9.34. The number of aromatic amines is 1. The van der Waals surface area contributed by atoms with Crippen molar-refractivity contribution in [2.75, 3.05) is 24.5 Å². The van der Waals surface area contributed by atoms with Gasteiger partial charge in [-0.1, -0.05) is 0 Å². The van der Waals surface area contributed by atoms with Crippen LogP contribution in [-0.4, -0.2) is 60.5 Å². The zero-order valence-electron chi connectivity index (χ0n) is 19.7. The molecule has 176 valence electrons. The maximum absolute atomic E-state index is 12.4. The van der Waals surface area contributed by atoms with E-state index in [1.807, 2.05) is 26.8 Å². The number of fused-ring (bicyclic) bond motifs is 2. The zero-order valence-corrected chi connectivity index (χ0v) is 19.7. The summed E-state index contributed by atoms with van der Waals surface area (Å²) in [7, 11) is 1.79. The lowest BCUT2D eigenvalue weighted by Crippen LogP contribution is -2.42. The number of H-pyrrole nitrogens is 1. The van der Waals surface area contributed by atoms with Gasteiger partial charge in [0.2, 0.25) is 0 Å². The maximum Gasteiger partial charge on any atom is 0.410 e. The fourth-order valence-electron chi connectivity index (χ4n) is 4.77. The summed E-state index contributed by atoms with van der Waals surface area (Å²) in [5.74, 6) is 2.19. The lowest BCUT2D eigenvalue weighted by Gasteiger charge is -2.34. The minimum Gasteiger partial charge on any atom is -0.444 e. The molecule has 0 atom stereocenters. The van der Waals surface area contributed by atoms with Crippen LogP contribution < -0.4 is 10.6 Å². The number of carbonyl (C=O) groups excluding carboxylic acids is 1. The number of carbonyl (C=O) groups is 1. The van der Waals surface area contributed by atoms with Crippen molar-refractivity contribution in [3.63, 3.8) is 0 Å². The third kappa shape index (κ3) is 4.09. The molecule has 4 heterocycles. The van der Waals surface area contributed by atoms with Crippen LogP contribution >= 0.6 is 0 Å². The van der Waals surface area contributed by atoms with Gasteiger partial charge in [-0.3, -0.25) is 9.47 Å². The summed E-state index contributed by atoms with van der Waals surface area (Å²) in [5.41, 5.74) is 2.30. The van der Waals surface area contributed by atoms with E-state index in [1.165, 1.54) is 0 Å². The Morgan fingerprint density at radius 1 is 1.12 bits per heavy atom. The molecule has 1 amide bonds. The van der Waals surface area contributed by atoms with Crippen LogP contribution in [-0.2, 0) is 24.9 Å². The molecular weight excluding hydrogens is 422 g/mol. The number of imidazole rings is 1. The monoisotopic (exact) mass is 453 g/mol. The van der Waals surface area contributed by atoms with Gasteiger partial charge in [0, 0.05) is 44.8 Å². The molecule has 1 aromatic carbocycles. The van der Waals surface area contributed by atoms with Gasteiger partial charge in [0.1, 0.15) is 11.4 Å². The van der Waals surface area contributed by atoms with Crippen LogP contribution in [0.25, 0.3) is 11.0 Å². The minimum atomic E-state index is -0.512. The quantitative estimate of drug-likeness (QED) is 0.640. The van der Waals surface area contributed by atoms with Gasteiger partial charge in [-0.25, -0.2) is 9.59 Å². The number of piperidine rings is 1. The predicted molar refractivity (Wildman–Crippen MR) is 124 cm³/mol. The Morgan fingerprint density at radius 3 is 2.61 bits per heavy atom. The summed E-state index contributed by atoms with van der Waals surface area (Å²) in [4.78, 5) is 31.3. The lowest BCUT2D eigenvalue weighted by atomic mass is 9.95. The first kappa shape index (κ1) is 21.5. The van der Waals surface area contributed by atoms with Gasteiger partial charge in [0.25, 0.3) is 0 Å². The van der Waals surface area contributed by atoms with E-state index in [0.717, 1.165) is 54.3 Å². The highest BCUT2D eigenvalue weighted by Crippen LogP contribution is 2.32. The molecule has 10 heteroatoms. The Kier molecular flexibility index (Phi) is 5.18. The molecule has 2 aliphatic heterocycles. The largest absolute Gasteiger partial charge is 0.444 e. The van der Waals surface area contributed by atoms with Gasteiger partial charge in [-0.2, -0.15) is 0 Å². The van der Waals surface area contributed by atoms with Crippen molar-refractivity contribution in [1.29, 1.82) is 0 Å². The van der Waals surface area contributed by atoms with E-state index in [0.29, 0.717) is 25.6 Å². The number of nitrogens with zero attached hydrogens (tertiary/aromatic N) is 6. The van der Waals surface area contributed by atoms with E-state index in [4.69, 9.17) is 4.74 Å². The molecule has 10 nitrogen and oxygen atoms in total. The molecule has 0 aliphatic carbocycles. The highest BCUT2D eigenvalue weighted by atomic mass is 16.6. The number of nitrogens with one attached hydrogen (secondary N) is 1. The number of anilines is 1. The Hall–Kier alpha value is -3.30. The number of hydrogen-bond acceptors (Lipinski definition) is 6. The molecule has 1 N–H and O–H groups in total. The van der Waals surface area contributed by atoms with E-state index < -0.39 is 5.60 Å². The fourth-order valence-corrected chi connectivity index (χ4v) is 4.77. The average Bonchev–Trinajstić information content (AvgIpc) is 3.33. The van der Waals surface area contributed by atoms with E-state index in [-0.39, 0.29) is 11.8 Å². The van der Waals surface area contributed by atoms with Crippen LogP contribution in [0.3, 0.4) is 0 Å². The Balaban J connectivity index is 1.25. The van der Waals surface area contributed by atoms with E-state index in [9.17, 15) is 9.59 Å². The number of amides is 1. The van der Waals surface area contributed by atoms with Crippen LogP contribution in [0, 0.1) is 0 Å². The summed E-state index contributed by atoms with van der Waals surface area (Å²) >= 11 is 0. The molecule has 0 bridgehead atoms. The molecule has 0 radical (unpaired) electrons. The summed E-state index contributed by atoms with van der Waals surface area (Å²) in [6.07, 6.45) is 1.67. The lowest BCUT2D eigenvalue weighted by molar-refractivity contribution is 0.0194. The molecule has 0 unspecified atom stereocenters. The molecule has 1 fully saturated rings. The Morgan fingerprint density at radius 2 is 1.88 bits per heavy atom. The highest BCUT2D eigenvalue weighted by Gasteiger charge is 2.31. The Bertz CT molecular complexity index is 1240. The third-order valence-electron chi connectivity index (χ3n) is 6.55. The number of rotatable bonds is 2. The second kappa shape index (κ2) is 7.93. The van der Waals surface area contributed by atoms with Crippen molar-refractivity contribution in [2.45, 2.75) is 58.2 Å². The van der Waals surface area contributed by atoms with Crippen molar-refractivity contribution in [2.24, 2.45) is 7.05 Å². The summed E-state index contributed by atoms with van der Waals surface area (Å²) in [5, 5.41) is 8.91. The first-order chi connectivity index (χ1) is 15.7. The molecular formula is C23H31N7O3. The molecule has 5 rings (SSSR count). The van der Waals surface area contributed by atoms with Gasteiger partial charge in [-0.15, -0.1) is 10.2 Å². The number of aromatic nitrogens is 5. The highest BCUT2D eigenvalue weighted by molar-refractivity contribution is 5.79. The first-order valence-corrected chi connectivity index (χ1v) is 11.5. The van der Waals surface area contributed by atoms with Crippen molar-refractivity contribution >= 4 is 22.8 Å². The fraction of sp³-hybridized carbons (Fsp3) is 0.565. The molecule has 0 spiro atoms. The van der Waals surface area contributed by atoms with E-state index in [1.54, 1.807) is 16.5 Å². The molecule has 2 aliphatic rings. The van der Waals surface area contributed by atoms with Crippen molar-refractivity contribution in [3.05, 3.63) is 40.3 Å². The predicted octanol–water partition coefficient (Wildman–Crippen LogP) is 2.59.